The lowest BCUT2D eigenvalue weighted by atomic mass is 10.1. The maximum atomic E-state index is 11.1. The standard InChI is InChI=1S/C17H21NO5/c1-5-22-16-9-13(6-7-15(16)23-10-11(2)3)8-14(17(20)21)18-12(4)19/h6-9H,2,5,10H2,1,3-4H3,(H,18,19)(H,20,21)/b14-8+. The van der Waals surface area contributed by atoms with Gasteiger partial charge in [0.1, 0.15) is 12.3 Å². The molecular weight excluding hydrogens is 298 g/mol. The molecule has 124 valence electrons. The number of ether oxygens (including phenoxy) is 2. The molecule has 6 nitrogen and oxygen atoms in total. The molecular formula is C17H21NO5. The number of carbonyl (C=O) groups excluding carboxylic acids is 1. The van der Waals surface area contributed by atoms with Crippen molar-refractivity contribution in [3.8, 4) is 11.5 Å². The zero-order valence-electron chi connectivity index (χ0n) is 13.5. The topological polar surface area (TPSA) is 84.9 Å². The Morgan fingerprint density at radius 3 is 2.48 bits per heavy atom. The Labute approximate surface area is 135 Å². The molecule has 0 atom stereocenters. The molecule has 0 aliphatic carbocycles. The maximum absolute atomic E-state index is 11.1. The van der Waals surface area contributed by atoms with Crippen molar-refractivity contribution in [3.05, 3.63) is 41.6 Å². The Bertz CT molecular complexity index is 634. The first-order chi connectivity index (χ1) is 10.8. The zero-order valence-corrected chi connectivity index (χ0v) is 13.5. The number of benzene rings is 1. The number of carboxylic acids is 1. The summed E-state index contributed by atoms with van der Waals surface area (Å²) in [7, 11) is 0. The Balaban J connectivity index is 3.12. The number of carbonyl (C=O) groups is 2. The van der Waals surface area contributed by atoms with E-state index in [4.69, 9.17) is 14.6 Å². The molecule has 1 rings (SSSR count). The summed E-state index contributed by atoms with van der Waals surface area (Å²) in [6.07, 6.45) is 1.36. The molecule has 0 unspecified atom stereocenters. The van der Waals surface area contributed by atoms with Gasteiger partial charge in [-0.15, -0.1) is 0 Å². The molecule has 0 aliphatic heterocycles. The number of nitrogens with one attached hydrogen (secondary N) is 1. The maximum Gasteiger partial charge on any atom is 0.352 e. The van der Waals surface area contributed by atoms with E-state index in [1.54, 1.807) is 18.2 Å². The summed E-state index contributed by atoms with van der Waals surface area (Å²) in [5, 5.41) is 11.4. The lowest BCUT2D eigenvalue weighted by molar-refractivity contribution is -0.134. The Hall–Kier alpha value is -2.76. The van der Waals surface area contributed by atoms with E-state index in [1.807, 2.05) is 13.8 Å². The Kier molecular flexibility index (Phi) is 6.86. The minimum Gasteiger partial charge on any atom is -0.490 e. The summed E-state index contributed by atoms with van der Waals surface area (Å²) in [4.78, 5) is 22.2. The van der Waals surface area contributed by atoms with Crippen molar-refractivity contribution < 1.29 is 24.2 Å². The molecule has 0 saturated carbocycles. The number of carboxylic acid groups (broad SMARTS) is 1. The van der Waals surface area contributed by atoms with Gasteiger partial charge in [0.2, 0.25) is 5.91 Å². The Morgan fingerprint density at radius 2 is 1.96 bits per heavy atom. The van der Waals surface area contributed by atoms with E-state index in [-0.39, 0.29) is 5.70 Å². The second kappa shape index (κ2) is 8.63. The lowest BCUT2D eigenvalue weighted by Gasteiger charge is -2.13. The average molecular weight is 319 g/mol. The van der Waals surface area contributed by atoms with Gasteiger partial charge >= 0.3 is 5.97 Å². The number of hydrogen-bond acceptors (Lipinski definition) is 4. The van der Waals surface area contributed by atoms with E-state index in [0.29, 0.717) is 30.3 Å². The molecule has 0 aliphatic rings. The van der Waals surface area contributed by atoms with Gasteiger partial charge in [-0.1, -0.05) is 12.6 Å². The highest BCUT2D eigenvalue weighted by Gasteiger charge is 2.11. The van der Waals surface area contributed by atoms with Crippen LogP contribution in [0.3, 0.4) is 0 Å². The van der Waals surface area contributed by atoms with Crippen molar-refractivity contribution >= 4 is 18.0 Å². The van der Waals surface area contributed by atoms with Crippen LogP contribution in [0.2, 0.25) is 0 Å². The van der Waals surface area contributed by atoms with Gasteiger partial charge in [-0.3, -0.25) is 4.79 Å². The highest BCUT2D eigenvalue weighted by molar-refractivity contribution is 5.96. The molecule has 0 fully saturated rings. The Morgan fingerprint density at radius 1 is 1.26 bits per heavy atom. The van der Waals surface area contributed by atoms with Crippen molar-refractivity contribution in [2.45, 2.75) is 20.8 Å². The first kappa shape index (κ1) is 18.3. The monoisotopic (exact) mass is 319 g/mol. The van der Waals surface area contributed by atoms with Gasteiger partial charge in [0, 0.05) is 6.92 Å². The predicted molar refractivity (Wildman–Crippen MR) is 87.3 cm³/mol. The van der Waals surface area contributed by atoms with Crippen LogP contribution in [-0.2, 0) is 9.59 Å². The molecule has 2 N–H and O–H groups in total. The smallest absolute Gasteiger partial charge is 0.352 e. The van der Waals surface area contributed by atoms with E-state index >= 15 is 0 Å². The molecule has 1 aromatic rings. The number of aliphatic carboxylic acids is 1. The van der Waals surface area contributed by atoms with Crippen LogP contribution in [0.1, 0.15) is 26.3 Å². The van der Waals surface area contributed by atoms with Crippen LogP contribution in [0.5, 0.6) is 11.5 Å². The highest BCUT2D eigenvalue weighted by Crippen LogP contribution is 2.29. The zero-order chi connectivity index (χ0) is 17.4. The summed E-state index contributed by atoms with van der Waals surface area (Å²) in [5.74, 6) is -0.635. The third-order valence-electron chi connectivity index (χ3n) is 2.59. The average Bonchev–Trinajstić information content (AvgIpc) is 2.45. The van der Waals surface area contributed by atoms with Gasteiger partial charge in [0.05, 0.1) is 6.61 Å². The lowest BCUT2D eigenvalue weighted by Crippen LogP contribution is -2.24. The molecule has 0 spiro atoms. The van der Waals surface area contributed by atoms with Gasteiger partial charge in [-0.2, -0.15) is 0 Å². The predicted octanol–water partition coefficient (Wildman–Crippen LogP) is 2.60. The number of rotatable bonds is 8. The van der Waals surface area contributed by atoms with Crippen LogP contribution in [0.15, 0.2) is 36.0 Å². The van der Waals surface area contributed by atoms with Crippen LogP contribution < -0.4 is 14.8 Å². The van der Waals surface area contributed by atoms with Gasteiger partial charge in [0.25, 0.3) is 0 Å². The van der Waals surface area contributed by atoms with E-state index in [0.717, 1.165) is 5.57 Å². The minimum atomic E-state index is -1.22. The fraction of sp³-hybridized carbons (Fsp3) is 0.294. The SMILES string of the molecule is C=C(C)COc1ccc(/C=C(/NC(C)=O)C(=O)O)cc1OCC. The molecule has 0 radical (unpaired) electrons. The van der Waals surface area contributed by atoms with Gasteiger partial charge in [-0.05, 0) is 43.2 Å². The summed E-state index contributed by atoms with van der Waals surface area (Å²) in [6, 6.07) is 5.02. The van der Waals surface area contributed by atoms with Gasteiger partial charge in [-0.25, -0.2) is 4.79 Å². The van der Waals surface area contributed by atoms with Crippen molar-refractivity contribution in [1.82, 2.24) is 5.32 Å². The first-order valence-corrected chi connectivity index (χ1v) is 7.10. The third kappa shape index (κ3) is 6.25. The summed E-state index contributed by atoms with van der Waals surface area (Å²) >= 11 is 0. The second-order valence-electron chi connectivity index (χ2n) is 4.93. The fourth-order valence-corrected chi connectivity index (χ4v) is 1.71. The van der Waals surface area contributed by atoms with E-state index in [2.05, 4.69) is 11.9 Å². The molecule has 0 saturated heterocycles. The molecule has 6 heteroatoms. The fourth-order valence-electron chi connectivity index (χ4n) is 1.71. The molecule has 0 heterocycles. The molecule has 0 aromatic heterocycles. The van der Waals surface area contributed by atoms with Crippen LogP contribution in [-0.4, -0.2) is 30.2 Å². The van der Waals surface area contributed by atoms with Crippen molar-refractivity contribution in [3.63, 3.8) is 0 Å². The van der Waals surface area contributed by atoms with Crippen molar-refractivity contribution in [2.24, 2.45) is 0 Å². The third-order valence-corrected chi connectivity index (χ3v) is 2.59. The van der Waals surface area contributed by atoms with E-state index in [9.17, 15) is 9.59 Å². The van der Waals surface area contributed by atoms with Crippen molar-refractivity contribution in [2.75, 3.05) is 13.2 Å². The molecule has 0 bridgehead atoms. The largest absolute Gasteiger partial charge is 0.490 e. The number of hydrogen-bond donors (Lipinski definition) is 2. The van der Waals surface area contributed by atoms with Crippen LogP contribution in [0, 0.1) is 0 Å². The van der Waals surface area contributed by atoms with Gasteiger partial charge < -0.3 is 19.9 Å². The summed E-state index contributed by atoms with van der Waals surface area (Å²) in [6.45, 7) is 9.51. The normalized spacial score (nSPS) is 10.8. The van der Waals surface area contributed by atoms with Crippen LogP contribution >= 0.6 is 0 Å². The first-order valence-electron chi connectivity index (χ1n) is 7.10. The van der Waals surface area contributed by atoms with Crippen molar-refractivity contribution in [1.29, 1.82) is 0 Å². The molecule has 1 amide bonds. The summed E-state index contributed by atoms with van der Waals surface area (Å²) < 4.78 is 11.1. The second-order valence-corrected chi connectivity index (χ2v) is 4.93. The molecule has 23 heavy (non-hydrogen) atoms. The quantitative estimate of drug-likeness (QED) is 0.568. The molecule has 1 aromatic carbocycles. The highest BCUT2D eigenvalue weighted by atomic mass is 16.5. The number of amides is 1. The minimum absolute atomic E-state index is 0.212. The van der Waals surface area contributed by atoms with Crippen LogP contribution in [0.25, 0.3) is 6.08 Å². The van der Waals surface area contributed by atoms with Gasteiger partial charge in [0.15, 0.2) is 11.5 Å². The van der Waals surface area contributed by atoms with E-state index < -0.39 is 11.9 Å². The summed E-state index contributed by atoms with van der Waals surface area (Å²) in [5.41, 5.74) is 1.23. The van der Waals surface area contributed by atoms with Crippen LogP contribution in [0.4, 0.5) is 0 Å². The van der Waals surface area contributed by atoms with E-state index in [1.165, 1.54) is 13.0 Å².